The van der Waals surface area contributed by atoms with Gasteiger partial charge in [-0.15, -0.1) is 0 Å². The Morgan fingerprint density at radius 2 is 1.60 bits per heavy atom. The van der Waals surface area contributed by atoms with Crippen LogP contribution in [0.4, 0.5) is 0 Å². The van der Waals surface area contributed by atoms with E-state index < -0.39 is 22.3 Å². The summed E-state index contributed by atoms with van der Waals surface area (Å²) in [6.45, 7) is 3.59. The molecule has 25 heavy (non-hydrogen) atoms. The third-order valence-electron chi connectivity index (χ3n) is 7.34. The van der Waals surface area contributed by atoms with Crippen molar-refractivity contribution in [1.82, 2.24) is 5.32 Å². The number of nitrogens with zero attached hydrogens (tertiary/aromatic N) is 1. The molecule has 2 N–H and O–H groups in total. The van der Waals surface area contributed by atoms with E-state index in [1.807, 2.05) is 6.92 Å². The summed E-state index contributed by atoms with van der Waals surface area (Å²) in [5.41, 5.74) is -2.97. The van der Waals surface area contributed by atoms with Crippen molar-refractivity contribution in [3.63, 3.8) is 0 Å². The fourth-order valence-corrected chi connectivity index (χ4v) is 5.21. The number of nitrogens with one attached hydrogen (secondary N) is 1. The Balaban J connectivity index is 1.84. The van der Waals surface area contributed by atoms with E-state index in [2.05, 4.69) is 5.32 Å². The predicted molar refractivity (Wildman–Crippen MR) is 98.0 cm³/mol. The minimum atomic E-state index is -1.14. The van der Waals surface area contributed by atoms with Crippen LogP contribution in [0, 0.1) is 10.8 Å². The summed E-state index contributed by atoms with van der Waals surface area (Å²) in [6.07, 6.45) is 14.0. The standard InChI is InChI=1S/C20H32N2O3/c1-18(13-21-15-9-5-3-6-10-15)19(2,17(24)25)20(18,14-23)22-16-11-7-4-8-12-16/h13-16,22H,3-12H2,1-2H3,(H,24,25). The highest BCUT2D eigenvalue weighted by atomic mass is 16.4. The average molecular weight is 348 g/mol. The van der Waals surface area contributed by atoms with Gasteiger partial charge < -0.3 is 15.2 Å². The zero-order valence-corrected chi connectivity index (χ0v) is 15.6. The van der Waals surface area contributed by atoms with Crippen molar-refractivity contribution >= 4 is 18.5 Å². The fourth-order valence-electron chi connectivity index (χ4n) is 5.21. The molecule has 3 unspecified atom stereocenters. The van der Waals surface area contributed by atoms with Crippen LogP contribution < -0.4 is 5.32 Å². The quantitative estimate of drug-likeness (QED) is 0.570. The van der Waals surface area contributed by atoms with Crippen molar-refractivity contribution in [2.24, 2.45) is 15.8 Å². The molecule has 3 atom stereocenters. The minimum absolute atomic E-state index is 0.225. The SMILES string of the molecule is CC1(C=NC2CCCCC2)C(C=O)(NC2CCCCC2)C1(C)C(=O)O. The van der Waals surface area contributed by atoms with Crippen LogP contribution in [-0.2, 0) is 9.59 Å². The van der Waals surface area contributed by atoms with Gasteiger partial charge in [-0.3, -0.25) is 9.79 Å². The molecule has 0 heterocycles. The van der Waals surface area contributed by atoms with E-state index in [9.17, 15) is 14.7 Å². The Hall–Kier alpha value is -1.23. The first-order valence-corrected chi connectivity index (χ1v) is 9.93. The van der Waals surface area contributed by atoms with Crippen LogP contribution in [0.15, 0.2) is 4.99 Å². The Labute approximate surface area is 150 Å². The largest absolute Gasteiger partial charge is 0.481 e. The maximum Gasteiger partial charge on any atom is 0.312 e. The van der Waals surface area contributed by atoms with E-state index in [1.54, 1.807) is 13.1 Å². The first-order chi connectivity index (χ1) is 11.9. The smallest absolute Gasteiger partial charge is 0.312 e. The molecule has 3 rings (SSSR count). The lowest BCUT2D eigenvalue weighted by Crippen LogP contribution is -2.48. The van der Waals surface area contributed by atoms with Gasteiger partial charge in [0.1, 0.15) is 17.2 Å². The molecule has 0 aromatic carbocycles. The van der Waals surface area contributed by atoms with Crippen LogP contribution in [-0.4, -0.2) is 41.2 Å². The van der Waals surface area contributed by atoms with E-state index >= 15 is 0 Å². The molecule has 3 aliphatic carbocycles. The van der Waals surface area contributed by atoms with E-state index in [1.165, 1.54) is 25.7 Å². The number of aliphatic imine (C=N–C) groups is 1. The molecule has 5 heteroatoms. The molecule has 3 aliphatic rings. The first-order valence-electron chi connectivity index (χ1n) is 9.93. The highest BCUT2D eigenvalue weighted by molar-refractivity contribution is 6.03. The maximum atomic E-state index is 12.2. The Morgan fingerprint density at radius 3 is 2.12 bits per heavy atom. The van der Waals surface area contributed by atoms with Crippen LogP contribution in [0.25, 0.3) is 0 Å². The van der Waals surface area contributed by atoms with E-state index in [0.29, 0.717) is 0 Å². The van der Waals surface area contributed by atoms with Gasteiger partial charge in [0.2, 0.25) is 0 Å². The van der Waals surface area contributed by atoms with Crippen LogP contribution in [0.5, 0.6) is 0 Å². The lowest BCUT2D eigenvalue weighted by molar-refractivity contribution is -0.145. The third kappa shape index (κ3) is 2.75. The van der Waals surface area contributed by atoms with E-state index in [0.717, 1.165) is 44.8 Å². The number of carbonyl (C=O) groups excluding carboxylic acids is 1. The summed E-state index contributed by atoms with van der Waals surface area (Å²) in [7, 11) is 0. The van der Waals surface area contributed by atoms with Crippen molar-refractivity contribution in [2.45, 2.75) is 95.7 Å². The van der Waals surface area contributed by atoms with Crippen LogP contribution in [0.2, 0.25) is 0 Å². The van der Waals surface area contributed by atoms with Gasteiger partial charge >= 0.3 is 5.97 Å². The molecule has 0 aromatic heterocycles. The molecule has 3 fully saturated rings. The van der Waals surface area contributed by atoms with E-state index in [-0.39, 0.29) is 12.1 Å². The fraction of sp³-hybridized carbons (Fsp3) is 0.850. The predicted octanol–water partition coefficient (Wildman–Crippen LogP) is 3.36. The number of carboxylic acid groups (broad SMARTS) is 1. The van der Waals surface area contributed by atoms with Gasteiger partial charge in [0.15, 0.2) is 0 Å². The molecule has 0 amide bonds. The third-order valence-corrected chi connectivity index (χ3v) is 7.34. The number of hydrogen-bond acceptors (Lipinski definition) is 4. The number of aldehydes is 1. The van der Waals surface area contributed by atoms with Gasteiger partial charge in [0.05, 0.1) is 0 Å². The lowest BCUT2D eigenvalue weighted by atomic mass is 9.93. The van der Waals surface area contributed by atoms with E-state index in [4.69, 9.17) is 4.99 Å². The summed E-state index contributed by atoms with van der Waals surface area (Å²) in [6, 6.07) is 0.505. The highest BCUT2D eigenvalue weighted by Gasteiger charge is 2.86. The van der Waals surface area contributed by atoms with Gasteiger partial charge in [-0.2, -0.15) is 0 Å². The molecular formula is C20H32N2O3. The van der Waals surface area contributed by atoms with Crippen LogP contribution in [0.1, 0.15) is 78.1 Å². The van der Waals surface area contributed by atoms with Gasteiger partial charge in [-0.1, -0.05) is 45.4 Å². The normalized spacial score (nSPS) is 40.2. The van der Waals surface area contributed by atoms with Gasteiger partial charge in [-0.05, 0) is 32.6 Å². The number of carboxylic acids is 1. The van der Waals surface area contributed by atoms with Crippen molar-refractivity contribution in [2.75, 3.05) is 0 Å². The molecule has 0 aliphatic heterocycles. The Kier molecular flexibility index (Phi) is 5.06. The molecule has 0 radical (unpaired) electrons. The molecule has 140 valence electrons. The minimum Gasteiger partial charge on any atom is -0.481 e. The number of carbonyl (C=O) groups is 2. The summed E-state index contributed by atoms with van der Waals surface area (Å²) in [5.74, 6) is -0.916. The monoisotopic (exact) mass is 348 g/mol. The molecular weight excluding hydrogens is 316 g/mol. The first kappa shape index (κ1) is 18.6. The zero-order valence-electron chi connectivity index (χ0n) is 15.6. The summed E-state index contributed by atoms with van der Waals surface area (Å²) < 4.78 is 0. The molecule has 0 aromatic rings. The summed E-state index contributed by atoms with van der Waals surface area (Å²) >= 11 is 0. The maximum absolute atomic E-state index is 12.2. The second kappa shape index (κ2) is 6.82. The van der Waals surface area contributed by atoms with Crippen molar-refractivity contribution < 1.29 is 14.7 Å². The lowest BCUT2D eigenvalue weighted by Gasteiger charge is -2.28. The van der Waals surface area contributed by atoms with Crippen LogP contribution >= 0.6 is 0 Å². The molecule has 0 spiro atoms. The van der Waals surface area contributed by atoms with Gasteiger partial charge in [0, 0.05) is 23.7 Å². The highest BCUT2D eigenvalue weighted by Crippen LogP contribution is 2.70. The molecule has 3 saturated carbocycles. The van der Waals surface area contributed by atoms with Crippen molar-refractivity contribution in [1.29, 1.82) is 0 Å². The Bertz CT molecular complexity index is 551. The summed E-state index contributed by atoms with van der Waals surface area (Å²) in [4.78, 5) is 29.0. The Morgan fingerprint density at radius 1 is 1.04 bits per heavy atom. The molecule has 5 nitrogen and oxygen atoms in total. The summed E-state index contributed by atoms with van der Waals surface area (Å²) in [5, 5.41) is 13.4. The van der Waals surface area contributed by atoms with Crippen molar-refractivity contribution in [3.8, 4) is 0 Å². The second-order valence-electron chi connectivity index (χ2n) is 8.61. The second-order valence-corrected chi connectivity index (χ2v) is 8.61. The topological polar surface area (TPSA) is 78.8 Å². The van der Waals surface area contributed by atoms with Gasteiger partial charge in [0.25, 0.3) is 0 Å². The number of aliphatic carboxylic acids is 1. The number of rotatable bonds is 6. The molecule has 0 bridgehead atoms. The number of hydrogen-bond donors (Lipinski definition) is 2. The zero-order chi connectivity index (χ0) is 18.1. The molecule has 0 saturated heterocycles. The van der Waals surface area contributed by atoms with Gasteiger partial charge in [-0.25, -0.2) is 0 Å². The van der Waals surface area contributed by atoms with Crippen molar-refractivity contribution in [3.05, 3.63) is 0 Å². The van der Waals surface area contributed by atoms with Crippen LogP contribution in [0.3, 0.4) is 0 Å². The average Bonchev–Trinajstić information content (AvgIpc) is 3.06.